The molecule has 3 aromatic rings. The first-order valence-corrected chi connectivity index (χ1v) is 13.4. The zero-order valence-electron chi connectivity index (χ0n) is 19.8. The van der Waals surface area contributed by atoms with Gasteiger partial charge >= 0.3 is 6.03 Å². The fourth-order valence-electron chi connectivity index (χ4n) is 3.12. The van der Waals surface area contributed by atoms with Crippen LogP contribution < -0.4 is 15.4 Å². The molecule has 2 amide bonds. The van der Waals surface area contributed by atoms with E-state index in [-0.39, 0.29) is 29.8 Å². The van der Waals surface area contributed by atoms with Crippen LogP contribution in [-0.2, 0) is 28.5 Å². The van der Waals surface area contributed by atoms with Gasteiger partial charge in [-0.25, -0.2) is 27.3 Å². The van der Waals surface area contributed by atoms with E-state index in [0.29, 0.717) is 0 Å². The first-order valence-electron chi connectivity index (χ1n) is 10.7. The second kappa shape index (κ2) is 10.2. The summed E-state index contributed by atoms with van der Waals surface area (Å²) in [5, 5.41) is 6.41. The third-order valence-electron chi connectivity index (χ3n) is 4.88. The molecule has 0 fully saturated rings. The molecule has 2 aromatic carbocycles. The molecule has 0 aliphatic rings. The molecule has 3 N–H and O–H groups in total. The predicted octanol–water partition coefficient (Wildman–Crippen LogP) is 4.93. The number of carbonyl (C=O) groups is 1. The molecule has 182 valence electrons. The van der Waals surface area contributed by atoms with Gasteiger partial charge in [0.15, 0.2) is 0 Å². The number of nitrogens with one attached hydrogen (secondary N) is 3. The molecule has 0 saturated heterocycles. The van der Waals surface area contributed by atoms with Gasteiger partial charge in [0.25, 0.3) is 0 Å². The van der Waals surface area contributed by atoms with Crippen LogP contribution in [-0.4, -0.2) is 25.7 Å². The summed E-state index contributed by atoms with van der Waals surface area (Å²) in [5.41, 5.74) is 3.26. The molecule has 3 rings (SSSR count). The standard InChI is InChI=1S/C24H29FN4O3S2/c1-15-7-6-8-16(11-15)21-20(33-22(29-21)24(2,3)4)14-26-23(30)28-18-10-9-17(19(25)12-18)13-27-34(5,31)32/h6-12,27H,13-14H2,1-5H3,(H2,26,28,30). The number of aromatic nitrogens is 1. The van der Waals surface area contributed by atoms with E-state index >= 15 is 0 Å². The molecule has 1 heterocycles. The average molecular weight is 505 g/mol. The van der Waals surface area contributed by atoms with Gasteiger partial charge in [0, 0.05) is 28.8 Å². The summed E-state index contributed by atoms with van der Waals surface area (Å²) in [6.07, 6.45) is 1.00. The van der Waals surface area contributed by atoms with Crippen molar-refractivity contribution < 1.29 is 17.6 Å². The number of benzene rings is 2. The predicted molar refractivity (Wildman–Crippen MR) is 135 cm³/mol. The number of halogens is 1. The highest BCUT2D eigenvalue weighted by molar-refractivity contribution is 7.88. The number of nitrogens with zero attached hydrogens (tertiary/aromatic N) is 1. The smallest absolute Gasteiger partial charge is 0.319 e. The summed E-state index contributed by atoms with van der Waals surface area (Å²) in [6, 6.07) is 11.7. The quantitative estimate of drug-likeness (QED) is 0.425. The Balaban J connectivity index is 1.71. The number of urea groups is 1. The van der Waals surface area contributed by atoms with E-state index in [1.54, 1.807) is 11.3 Å². The van der Waals surface area contributed by atoms with Crippen LogP contribution in [0.3, 0.4) is 0 Å². The first-order chi connectivity index (χ1) is 15.8. The van der Waals surface area contributed by atoms with E-state index < -0.39 is 21.9 Å². The Labute approximate surface area is 203 Å². The molecule has 0 unspecified atom stereocenters. The van der Waals surface area contributed by atoms with E-state index in [1.807, 2.05) is 25.1 Å². The highest BCUT2D eigenvalue weighted by Crippen LogP contribution is 2.34. The van der Waals surface area contributed by atoms with Crippen LogP contribution in [0.4, 0.5) is 14.9 Å². The average Bonchev–Trinajstić information content (AvgIpc) is 3.16. The van der Waals surface area contributed by atoms with Crippen LogP contribution >= 0.6 is 11.3 Å². The van der Waals surface area contributed by atoms with Crippen LogP contribution in [0.1, 0.15) is 41.8 Å². The number of aryl methyl sites for hydroxylation is 1. The Hall–Kier alpha value is -2.82. The zero-order chi connectivity index (χ0) is 25.1. The van der Waals surface area contributed by atoms with Crippen LogP contribution in [0.15, 0.2) is 42.5 Å². The van der Waals surface area contributed by atoms with Gasteiger partial charge in [-0.1, -0.05) is 50.6 Å². The number of anilines is 1. The topological polar surface area (TPSA) is 100 Å². The molecule has 0 bridgehead atoms. The van der Waals surface area contributed by atoms with Crippen molar-refractivity contribution in [2.75, 3.05) is 11.6 Å². The second-order valence-electron chi connectivity index (χ2n) is 9.12. The number of carbonyl (C=O) groups excluding carboxylic acids is 1. The van der Waals surface area contributed by atoms with Crippen LogP contribution in [0.2, 0.25) is 0 Å². The molecule has 10 heteroatoms. The molecule has 0 aliphatic carbocycles. The highest BCUT2D eigenvalue weighted by Gasteiger charge is 2.22. The number of amides is 2. The Kier molecular flexibility index (Phi) is 7.74. The van der Waals surface area contributed by atoms with E-state index in [2.05, 4.69) is 42.2 Å². The maximum absolute atomic E-state index is 14.3. The van der Waals surface area contributed by atoms with Crippen molar-refractivity contribution >= 4 is 33.1 Å². The van der Waals surface area contributed by atoms with Gasteiger partial charge in [0.2, 0.25) is 10.0 Å². The summed E-state index contributed by atoms with van der Waals surface area (Å²) >= 11 is 1.56. The van der Waals surface area contributed by atoms with Crippen molar-refractivity contribution in [2.45, 2.75) is 46.2 Å². The van der Waals surface area contributed by atoms with E-state index in [0.717, 1.165) is 39.0 Å². The Morgan fingerprint density at radius 3 is 2.47 bits per heavy atom. The summed E-state index contributed by atoms with van der Waals surface area (Å²) in [4.78, 5) is 18.3. The molecular weight excluding hydrogens is 475 g/mol. The van der Waals surface area contributed by atoms with Gasteiger partial charge in [-0.05, 0) is 25.1 Å². The van der Waals surface area contributed by atoms with Gasteiger partial charge in [0.1, 0.15) is 5.82 Å². The SMILES string of the molecule is Cc1cccc(-c2nc(C(C)(C)C)sc2CNC(=O)Nc2ccc(CNS(C)(=O)=O)c(F)c2)c1. The fourth-order valence-corrected chi connectivity index (χ4v) is 4.62. The monoisotopic (exact) mass is 504 g/mol. The Morgan fingerprint density at radius 1 is 1.12 bits per heavy atom. The third-order valence-corrected chi connectivity index (χ3v) is 7.03. The molecule has 0 saturated carbocycles. The number of rotatable bonds is 7. The Bertz CT molecular complexity index is 1300. The van der Waals surface area contributed by atoms with Gasteiger partial charge in [0.05, 0.1) is 28.4 Å². The fraction of sp³-hybridized carbons (Fsp3) is 0.333. The third kappa shape index (κ3) is 7.09. The molecule has 1 aromatic heterocycles. The number of hydrogen-bond donors (Lipinski definition) is 3. The molecule has 34 heavy (non-hydrogen) atoms. The lowest BCUT2D eigenvalue weighted by atomic mass is 9.98. The van der Waals surface area contributed by atoms with Gasteiger partial charge in [-0.3, -0.25) is 0 Å². The van der Waals surface area contributed by atoms with Gasteiger partial charge in [-0.15, -0.1) is 11.3 Å². The first kappa shape index (κ1) is 25.8. The second-order valence-corrected chi connectivity index (χ2v) is 12.0. The van der Waals surface area contributed by atoms with Crippen molar-refractivity contribution in [1.29, 1.82) is 0 Å². The molecule has 0 atom stereocenters. The van der Waals surface area contributed by atoms with E-state index in [9.17, 15) is 17.6 Å². The minimum Gasteiger partial charge on any atom is -0.333 e. The molecule has 0 radical (unpaired) electrons. The van der Waals surface area contributed by atoms with Crippen molar-refractivity contribution in [2.24, 2.45) is 0 Å². The lowest BCUT2D eigenvalue weighted by Crippen LogP contribution is -2.28. The number of sulfonamides is 1. The summed E-state index contributed by atoms with van der Waals surface area (Å²) in [6.45, 7) is 8.41. The normalized spacial score (nSPS) is 11.9. The van der Waals surface area contributed by atoms with Gasteiger partial charge in [-0.2, -0.15) is 0 Å². The van der Waals surface area contributed by atoms with Crippen molar-refractivity contribution in [1.82, 2.24) is 15.0 Å². The van der Waals surface area contributed by atoms with Crippen LogP contribution in [0.25, 0.3) is 11.3 Å². The number of thiazole rings is 1. The molecule has 7 nitrogen and oxygen atoms in total. The van der Waals surface area contributed by atoms with E-state index in [4.69, 9.17) is 4.98 Å². The maximum atomic E-state index is 14.3. The van der Waals surface area contributed by atoms with E-state index in [1.165, 1.54) is 12.1 Å². The Morgan fingerprint density at radius 2 is 1.85 bits per heavy atom. The lowest BCUT2D eigenvalue weighted by Gasteiger charge is -2.13. The highest BCUT2D eigenvalue weighted by atomic mass is 32.2. The maximum Gasteiger partial charge on any atom is 0.319 e. The summed E-state index contributed by atoms with van der Waals surface area (Å²) in [5.74, 6) is -0.618. The lowest BCUT2D eigenvalue weighted by molar-refractivity contribution is 0.252. The van der Waals surface area contributed by atoms with Crippen LogP contribution in [0, 0.1) is 12.7 Å². The van der Waals surface area contributed by atoms with Crippen molar-refractivity contribution in [3.63, 3.8) is 0 Å². The molecule has 0 spiro atoms. The van der Waals surface area contributed by atoms with Crippen LogP contribution in [0.5, 0.6) is 0 Å². The minimum absolute atomic E-state index is 0.130. The summed E-state index contributed by atoms with van der Waals surface area (Å²) in [7, 11) is -3.44. The number of hydrogen-bond acceptors (Lipinski definition) is 5. The molecule has 0 aliphatic heterocycles. The van der Waals surface area contributed by atoms with Crippen molar-refractivity contribution in [3.8, 4) is 11.3 Å². The van der Waals surface area contributed by atoms with Crippen molar-refractivity contribution in [3.05, 3.63) is 69.3 Å². The zero-order valence-corrected chi connectivity index (χ0v) is 21.5. The molecular formula is C24H29FN4O3S2. The van der Waals surface area contributed by atoms with Gasteiger partial charge < -0.3 is 10.6 Å². The summed E-state index contributed by atoms with van der Waals surface area (Å²) < 4.78 is 38.9. The minimum atomic E-state index is -3.44. The largest absolute Gasteiger partial charge is 0.333 e.